The second-order valence-electron chi connectivity index (χ2n) is 3.98. The average Bonchev–Trinajstić information content (AvgIpc) is 2.25. The van der Waals surface area contributed by atoms with E-state index in [1.165, 1.54) is 0 Å². The Morgan fingerprint density at radius 2 is 1.88 bits per heavy atom. The normalized spacial score (nSPS) is 12.6. The minimum atomic E-state index is 0.00769. The molecule has 3 nitrogen and oxygen atoms in total. The monoisotopic (exact) mass is 223 g/mol. The van der Waals surface area contributed by atoms with Crippen LogP contribution >= 0.6 is 0 Å². The Balaban J connectivity index is 3.06. The van der Waals surface area contributed by atoms with Gasteiger partial charge in [0.05, 0.1) is 19.8 Å². The van der Waals surface area contributed by atoms with E-state index in [9.17, 15) is 5.11 Å². The SMILES string of the molecule is CCNC(CO)c1cc(C)c(OC)c(C)c1. The van der Waals surface area contributed by atoms with Crippen molar-refractivity contribution in [3.63, 3.8) is 0 Å². The van der Waals surface area contributed by atoms with Crippen LogP contribution in [0.1, 0.15) is 29.7 Å². The fourth-order valence-electron chi connectivity index (χ4n) is 2.04. The van der Waals surface area contributed by atoms with Gasteiger partial charge in [-0.3, -0.25) is 0 Å². The maximum Gasteiger partial charge on any atom is 0.124 e. The summed E-state index contributed by atoms with van der Waals surface area (Å²) in [6.45, 7) is 7.03. The van der Waals surface area contributed by atoms with Crippen molar-refractivity contribution in [1.82, 2.24) is 5.32 Å². The number of aryl methyl sites for hydroxylation is 2. The summed E-state index contributed by atoms with van der Waals surface area (Å²) in [7, 11) is 1.68. The predicted molar refractivity (Wildman–Crippen MR) is 66.0 cm³/mol. The number of aliphatic hydroxyl groups is 1. The maximum absolute atomic E-state index is 9.33. The lowest BCUT2D eigenvalue weighted by Crippen LogP contribution is -2.24. The highest BCUT2D eigenvalue weighted by atomic mass is 16.5. The molecular formula is C13H21NO2. The molecule has 0 aromatic heterocycles. The summed E-state index contributed by atoms with van der Waals surface area (Å²) in [5.74, 6) is 0.928. The van der Waals surface area contributed by atoms with Crippen LogP contribution in [0.25, 0.3) is 0 Å². The predicted octanol–water partition coefficient (Wildman–Crippen LogP) is 1.95. The summed E-state index contributed by atoms with van der Waals surface area (Å²) in [4.78, 5) is 0. The largest absolute Gasteiger partial charge is 0.496 e. The molecule has 1 aromatic rings. The first-order valence-corrected chi connectivity index (χ1v) is 5.63. The van der Waals surface area contributed by atoms with Gasteiger partial charge in [-0.25, -0.2) is 0 Å². The van der Waals surface area contributed by atoms with E-state index < -0.39 is 0 Å². The summed E-state index contributed by atoms with van der Waals surface area (Å²) in [5.41, 5.74) is 3.32. The molecule has 0 spiro atoms. The van der Waals surface area contributed by atoms with Crippen molar-refractivity contribution in [3.8, 4) is 5.75 Å². The van der Waals surface area contributed by atoms with Crippen LogP contribution in [0, 0.1) is 13.8 Å². The van der Waals surface area contributed by atoms with E-state index in [1.54, 1.807) is 7.11 Å². The molecule has 3 heteroatoms. The Hall–Kier alpha value is -1.06. The molecule has 0 saturated carbocycles. The number of hydrogen-bond donors (Lipinski definition) is 2. The van der Waals surface area contributed by atoms with Crippen LogP contribution < -0.4 is 10.1 Å². The van der Waals surface area contributed by atoms with Gasteiger partial charge in [0.15, 0.2) is 0 Å². The first-order valence-electron chi connectivity index (χ1n) is 5.63. The van der Waals surface area contributed by atoms with Crippen molar-refractivity contribution < 1.29 is 9.84 Å². The molecule has 1 unspecified atom stereocenters. The van der Waals surface area contributed by atoms with Crippen LogP contribution in [0.4, 0.5) is 0 Å². The Morgan fingerprint density at radius 3 is 2.25 bits per heavy atom. The molecule has 0 amide bonds. The fourth-order valence-corrected chi connectivity index (χ4v) is 2.04. The van der Waals surface area contributed by atoms with Crippen LogP contribution in [0.5, 0.6) is 5.75 Å². The van der Waals surface area contributed by atoms with Crippen LogP contribution in [0.3, 0.4) is 0 Å². The number of rotatable bonds is 5. The molecule has 2 N–H and O–H groups in total. The quantitative estimate of drug-likeness (QED) is 0.801. The summed E-state index contributed by atoms with van der Waals surface area (Å²) in [5, 5.41) is 12.6. The standard InChI is InChI=1S/C13H21NO2/c1-5-14-12(8-15)11-6-9(2)13(16-4)10(3)7-11/h6-7,12,14-15H,5,8H2,1-4H3. The summed E-state index contributed by atoms with van der Waals surface area (Å²) >= 11 is 0. The molecule has 0 bridgehead atoms. The van der Waals surface area contributed by atoms with Crippen molar-refractivity contribution >= 4 is 0 Å². The highest BCUT2D eigenvalue weighted by molar-refractivity contribution is 5.44. The number of methoxy groups -OCH3 is 1. The second kappa shape index (κ2) is 5.87. The zero-order chi connectivity index (χ0) is 12.1. The van der Waals surface area contributed by atoms with Gasteiger partial charge in [-0.1, -0.05) is 19.1 Å². The van der Waals surface area contributed by atoms with Gasteiger partial charge in [-0.15, -0.1) is 0 Å². The zero-order valence-corrected chi connectivity index (χ0v) is 10.5. The number of likely N-dealkylation sites (N-methyl/N-ethyl adjacent to an activating group) is 1. The van der Waals surface area contributed by atoms with Crippen molar-refractivity contribution in [2.75, 3.05) is 20.3 Å². The molecule has 0 radical (unpaired) electrons. The molecule has 1 rings (SSSR count). The third-order valence-corrected chi connectivity index (χ3v) is 2.72. The van der Waals surface area contributed by atoms with E-state index in [2.05, 4.69) is 17.4 Å². The van der Waals surface area contributed by atoms with Crippen LogP contribution in [0.2, 0.25) is 0 Å². The average molecular weight is 223 g/mol. The molecule has 0 aliphatic rings. The Kier molecular flexibility index (Phi) is 4.77. The molecule has 1 atom stereocenters. The van der Waals surface area contributed by atoms with Crippen molar-refractivity contribution in [1.29, 1.82) is 0 Å². The summed E-state index contributed by atoms with van der Waals surface area (Å²) < 4.78 is 5.32. The van der Waals surface area contributed by atoms with Gasteiger partial charge in [0, 0.05) is 0 Å². The summed E-state index contributed by atoms with van der Waals surface area (Å²) in [6.07, 6.45) is 0. The highest BCUT2D eigenvalue weighted by Crippen LogP contribution is 2.27. The molecule has 0 saturated heterocycles. The first-order chi connectivity index (χ1) is 7.63. The van der Waals surface area contributed by atoms with E-state index >= 15 is 0 Å². The molecule has 16 heavy (non-hydrogen) atoms. The van der Waals surface area contributed by atoms with Gasteiger partial charge in [0.25, 0.3) is 0 Å². The van der Waals surface area contributed by atoms with Crippen LogP contribution in [-0.2, 0) is 0 Å². The molecular weight excluding hydrogens is 202 g/mol. The van der Waals surface area contributed by atoms with Crippen molar-refractivity contribution in [2.45, 2.75) is 26.8 Å². The number of nitrogens with one attached hydrogen (secondary N) is 1. The van der Waals surface area contributed by atoms with Gasteiger partial charge in [-0.05, 0) is 37.1 Å². The van der Waals surface area contributed by atoms with Gasteiger partial charge in [0.2, 0.25) is 0 Å². The fraction of sp³-hybridized carbons (Fsp3) is 0.538. The topological polar surface area (TPSA) is 41.5 Å². The molecule has 0 heterocycles. The Labute approximate surface area is 97.4 Å². The lowest BCUT2D eigenvalue weighted by Gasteiger charge is -2.18. The van der Waals surface area contributed by atoms with Gasteiger partial charge in [0.1, 0.15) is 5.75 Å². The van der Waals surface area contributed by atoms with Crippen molar-refractivity contribution in [3.05, 3.63) is 28.8 Å². The Morgan fingerprint density at radius 1 is 1.31 bits per heavy atom. The molecule has 0 aliphatic heterocycles. The van der Waals surface area contributed by atoms with E-state index in [0.717, 1.165) is 29.0 Å². The molecule has 0 aliphatic carbocycles. The van der Waals surface area contributed by atoms with Gasteiger partial charge in [-0.2, -0.15) is 0 Å². The van der Waals surface area contributed by atoms with E-state index in [1.807, 2.05) is 20.8 Å². The third kappa shape index (κ3) is 2.74. The van der Waals surface area contributed by atoms with Crippen LogP contribution in [-0.4, -0.2) is 25.4 Å². The lowest BCUT2D eigenvalue weighted by molar-refractivity contribution is 0.246. The number of hydrogen-bond acceptors (Lipinski definition) is 3. The van der Waals surface area contributed by atoms with Gasteiger partial charge >= 0.3 is 0 Å². The van der Waals surface area contributed by atoms with E-state index in [0.29, 0.717) is 0 Å². The third-order valence-electron chi connectivity index (χ3n) is 2.72. The second-order valence-corrected chi connectivity index (χ2v) is 3.98. The lowest BCUT2D eigenvalue weighted by atomic mass is 10.0. The molecule has 90 valence electrons. The number of benzene rings is 1. The molecule has 0 fully saturated rings. The minimum Gasteiger partial charge on any atom is -0.496 e. The smallest absolute Gasteiger partial charge is 0.124 e. The van der Waals surface area contributed by atoms with Crippen molar-refractivity contribution in [2.24, 2.45) is 0 Å². The maximum atomic E-state index is 9.33. The Bertz CT molecular complexity index is 327. The first kappa shape index (κ1) is 13.0. The zero-order valence-electron chi connectivity index (χ0n) is 10.5. The van der Waals surface area contributed by atoms with Crippen LogP contribution in [0.15, 0.2) is 12.1 Å². The molecule has 1 aromatic carbocycles. The van der Waals surface area contributed by atoms with E-state index in [4.69, 9.17) is 4.74 Å². The van der Waals surface area contributed by atoms with Gasteiger partial charge < -0.3 is 15.2 Å². The number of aliphatic hydroxyl groups excluding tert-OH is 1. The summed E-state index contributed by atoms with van der Waals surface area (Å²) in [6, 6.07) is 4.14. The minimum absolute atomic E-state index is 0.00769. The highest BCUT2D eigenvalue weighted by Gasteiger charge is 2.12. The van der Waals surface area contributed by atoms with E-state index in [-0.39, 0.29) is 12.6 Å². The number of ether oxygens (including phenoxy) is 1.